The Kier molecular flexibility index (Phi) is 12.0. The first kappa shape index (κ1) is 32.2. The second kappa shape index (κ2) is 15.0. The van der Waals surface area contributed by atoms with Gasteiger partial charge < -0.3 is 42.6 Å². The Bertz CT molecular complexity index is 1060. The van der Waals surface area contributed by atoms with Crippen molar-refractivity contribution in [1.82, 2.24) is 36.1 Å². The molecule has 2 heterocycles. The maximum absolute atomic E-state index is 13.1. The molecule has 1 aliphatic rings. The van der Waals surface area contributed by atoms with Gasteiger partial charge in [-0.2, -0.15) is 0 Å². The minimum Gasteiger partial charge on any atom is -0.368 e. The van der Waals surface area contributed by atoms with Crippen LogP contribution in [0.15, 0.2) is 12.5 Å². The summed E-state index contributed by atoms with van der Waals surface area (Å²) in [6, 6.07) is -4.52. The monoisotopic (exact) mass is 563 g/mol. The molecule has 1 saturated heterocycles. The van der Waals surface area contributed by atoms with Crippen LogP contribution in [0.3, 0.4) is 0 Å². The van der Waals surface area contributed by atoms with Crippen molar-refractivity contribution in [3.8, 4) is 0 Å². The Morgan fingerprint density at radius 1 is 1.05 bits per heavy atom. The average molecular weight is 564 g/mol. The van der Waals surface area contributed by atoms with E-state index in [0.717, 1.165) is 0 Å². The second-order valence-corrected chi connectivity index (χ2v) is 10.1. The summed E-state index contributed by atoms with van der Waals surface area (Å²) in [7, 11) is 0. The van der Waals surface area contributed by atoms with Crippen molar-refractivity contribution in [2.75, 3.05) is 13.1 Å². The highest BCUT2D eigenvalue weighted by molar-refractivity contribution is 5.95. The van der Waals surface area contributed by atoms with Gasteiger partial charge in [-0.05, 0) is 32.6 Å². The highest BCUT2D eigenvalue weighted by atomic mass is 16.2. The predicted molar refractivity (Wildman–Crippen MR) is 144 cm³/mol. The van der Waals surface area contributed by atoms with E-state index in [4.69, 9.17) is 11.5 Å². The molecule has 0 aliphatic carbocycles. The number of carbonyl (C=O) groups is 6. The Morgan fingerprint density at radius 3 is 2.33 bits per heavy atom. The fourth-order valence-electron chi connectivity index (χ4n) is 4.19. The van der Waals surface area contributed by atoms with Crippen LogP contribution in [0.25, 0.3) is 0 Å². The highest BCUT2D eigenvalue weighted by Gasteiger charge is 2.37. The summed E-state index contributed by atoms with van der Waals surface area (Å²) in [6.07, 6.45) is 4.75. The van der Waals surface area contributed by atoms with Crippen LogP contribution < -0.4 is 32.7 Å². The minimum absolute atomic E-state index is 0.209. The number of amides is 6. The summed E-state index contributed by atoms with van der Waals surface area (Å²) < 4.78 is 0. The standard InChI is InChI=1S/C25H41N9O6/c1-5-13(2)20(25(40)31-14(3)21(27)36)33-24(39)18-7-6-8-34(18)19(35)11-29-22(37)15(4)32-23(38)17(26)9-16-10-28-12-30-16/h10,12-15,17-18,20H,5-9,11,26H2,1-4H3,(H2,27,36)(H,28,30)(H,29,37)(H,31,40)(H,32,38)(H,33,39)/t13-,14-,15-,17-,18-,20-/m0/s1. The topological polar surface area (TPSA) is 235 Å². The molecule has 222 valence electrons. The van der Waals surface area contributed by atoms with Gasteiger partial charge in [-0.1, -0.05) is 20.3 Å². The van der Waals surface area contributed by atoms with Crippen molar-refractivity contribution in [2.24, 2.45) is 17.4 Å². The van der Waals surface area contributed by atoms with Crippen LogP contribution in [-0.2, 0) is 35.2 Å². The number of hydrogen-bond acceptors (Lipinski definition) is 8. The number of imidazole rings is 1. The van der Waals surface area contributed by atoms with Crippen LogP contribution in [0, 0.1) is 5.92 Å². The lowest BCUT2D eigenvalue weighted by Crippen LogP contribution is -2.58. The smallest absolute Gasteiger partial charge is 0.243 e. The van der Waals surface area contributed by atoms with Gasteiger partial charge >= 0.3 is 0 Å². The fourth-order valence-corrected chi connectivity index (χ4v) is 4.19. The van der Waals surface area contributed by atoms with E-state index in [9.17, 15) is 28.8 Å². The van der Waals surface area contributed by atoms with Crippen molar-refractivity contribution >= 4 is 35.4 Å². The Morgan fingerprint density at radius 2 is 1.73 bits per heavy atom. The molecule has 0 radical (unpaired) electrons. The minimum atomic E-state index is -0.955. The number of likely N-dealkylation sites (tertiary alicyclic amines) is 1. The molecule has 1 aliphatic heterocycles. The van der Waals surface area contributed by atoms with E-state index >= 15 is 0 Å². The van der Waals surface area contributed by atoms with Gasteiger partial charge in [0.1, 0.15) is 24.2 Å². The van der Waals surface area contributed by atoms with Crippen LogP contribution in [-0.4, -0.2) is 93.6 Å². The molecular formula is C25H41N9O6. The number of carbonyl (C=O) groups excluding carboxylic acids is 6. The zero-order valence-corrected chi connectivity index (χ0v) is 23.4. The number of nitrogens with zero attached hydrogens (tertiary/aromatic N) is 2. The summed E-state index contributed by atoms with van der Waals surface area (Å²) in [5.74, 6) is -3.61. The third kappa shape index (κ3) is 9.03. The van der Waals surface area contributed by atoms with Crippen LogP contribution in [0.2, 0.25) is 0 Å². The first-order valence-electron chi connectivity index (χ1n) is 13.4. The van der Waals surface area contributed by atoms with Crippen LogP contribution >= 0.6 is 0 Å². The molecule has 0 bridgehead atoms. The summed E-state index contributed by atoms with van der Waals surface area (Å²) in [6.45, 7) is 6.49. The maximum Gasteiger partial charge on any atom is 0.243 e. The predicted octanol–water partition coefficient (Wildman–Crippen LogP) is -2.59. The van der Waals surface area contributed by atoms with Gasteiger partial charge in [0.05, 0.1) is 18.9 Å². The second-order valence-electron chi connectivity index (χ2n) is 10.1. The fraction of sp³-hybridized carbons (Fsp3) is 0.640. The normalized spacial score (nSPS) is 18.5. The van der Waals surface area contributed by atoms with E-state index < -0.39 is 65.7 Å². The van der Waals surface area contributed by atoms with Gasteiger partial charge in [0, 0.05) is 24.9 Å². The van der Waals surface area contributed by atoms with Crippen LogP contribution in [0.5, 0.6) is 0 Å². The number of aromatic amines is 1. The molecule has 2 rings (SSSR count). The lowest BCUT2D eigenvalue weighted by Gasteiger charge is -2.29. The summed E-state index contributed by atoms with van der Waals surface area (Å²) in [5.41, 5.74) is 11.8. The third-order valence-electron chi connectivity index (χ3n) is 6.95. The van der Waals surface area contributed by atoms with E-state index in [1.807, 2.05) is 6.92 Å². The number of rotatable bonds is 14. The lowest BCUT2D eigenvalue weighted by molar-refractivity contribution is -0.140. The van der Waals surface area contributed by atoms with Gasteiger partial charge in [0.15, 0.2) is 0 Å². The molecule has 0 saturated carbocycles. The van der Waals surface area contributed by atoms with Crippen molar-refractivity contribution in [3.63, 3.8) is 0 Å². The molecule has 1 aromatic rings. The Labute approximate surface area is 232 Å². The molecule has 40 heavy (non-hydrogen) atoms. The van der Waals surface area contributed by atoms with Gasteiger partial charge in [0.2, 0.25) is 35.4 Å². The van der Waals surface area contributed by atoms with Crippen LogP contribution in [0.1, 0.15) is 52.7 Å². The zero-order chi connectivity index (χ0) is 30.0. The van der Waals surface area contributed by atoms with Gasteiger partial charge in [-0.15, -0.1) is 0 Å². The number of nitrogens with two attached hydrogens (primary N) is 2. The maximum atomic E-state index is 13.1. The Balaban J connectivity index is 1.91. The van der Waals surface area contributed by atoms with E-state index in [1.165, 1.54) is 25.1 Å². The SMILES string of the molecule is CC[C@H](C)[C@H](NC(=O)[C@@H]1CCCN1C(=O)CNC(=O)[C@H](C)NC(=O)[C@@H](N)Cc1cnc[nH]1)C(=O)N[C@@H](C)C(N)=O. The molecule has 6 amide bonds. The molecule has 1 aromatic heterocycles. The molecule has 0 spiro atoms. The summed E-state index contributed by atoms with van der Waals surface area (Å²) in [5, 5.41) is 10.2. The quantitative estimate of drug-likeness (QED) is 0.127. The summed E-state index contributed by atoms with van der Waals surface area (Å²) in [4.78, 5) is 83.1. The summed E-state index contributed by atoms with van der Waals surface area (Å²) >= 11 is 0. The largest absolute Gasteiger partial charge is 0.368 e. The van der Waals surface area contributed by atoms with Gasteiger partial charge in [0.25, 0.3) is 0 Å². The van der Waals surface area contributed by atoms with Gasteiger partial charge in [-0.3, -0.25) is 28.8 Å². The van der Waals surface area contributed by atoms with Crippen molar-refractivity contribution < 1.29 is 28.8 Å². The molecule has 15 heteroatoms. The molecule has 15 nitrogen and oxygen atoms in total. The van der Waals surface area contributed by atoms with Crippen molar-refractivity contribution in [1.29, 1.82) is 0 Å². The average Bonchev–Trinajstić information content (AvgIpc) is 3.61. The highest BCUT2D eigenvalue weighted by Crippen LogP contribution is 2.19. The number of nitrogens with one attached hydrogen (secondary N) is 5. The first-order chi connectivity index (χ1) is 18.8. The molecule has 1 fully saturated rings. The van der Waals surface area contributed by atoms with Crippen LogP contribution in [0.4, 0.5) is 0 Å². The molecular weight excluding hydrogens is 522 g/mol. The lowest BCUT2D eigenvalue weighted by atomic mass is 9.97. The first-order valence-corrected chi connectivity index (χ1v) is 13.4. The third-order valence-corrected chi connectivity index (χ3v) is 6.95. The number of hydrogen-bond donors (Lipinski definition) is 7. The van der Waals surface area contributed by atoms with E-state index in [-0.39, 0.29) is 18.9 Å². The molecule has 0 unspecified atom stereocenters. The number of primary amides is 1. The number of aromatic nitrogens is 2. The van der Waals surface area contributed by atoms with E-state index in [2.05, 4.69) is 31.2 Å². The van der Waals surface area contributed by atoms with E-state index in [1.54, 1.807) is 13.1 Å². The molecule has 6 atom stereocenters. The van der Waals surface area contributed by atoms with Crippen molar-refractivity contribution in [3.05, 3.63) is 18.2 Å². The zero-order valence-electron chi connectivity index (χ0n) is 23.4. The van der Waals surface area contributed by atoms with Gasteiger partial charge in [-0.25, -0.2) is 4.98 Å². The Hall–Kier alpha value is -4.01. The van der Waals surface area contributed by atoms with E-state index in [0.29, 0.717) is 31.5 Å². The molecule has 0 aromatic carbocycles. The number of H-pyrrole nitrogens is 1. The molecule has 9 N–H and O–H groups in total. The van der Waals surface area contributed by atoms with Crippen molar-refractivity contribution in [2.45, 2.75) is 83.6 Å².